The van der Waals surface area contributed by atoms with Gasteiger partial charge in [0, 0.05) is 23.0 Å². The summed E-state index contributed by atoms with van der Waals surface area (Å²) in [6, 6.07) is 19.0. The molecule has 1 heterocycles. The Bertz CT molecular complexity index is 675. The van der Waals surface area contributed by atoms with Gasteiger partial charge in [0.25, 0.3) is 0 Å². The molecule has 19 heavy (non-hydrogen) atoms. The Kier molecular flexibility index (Phi) is 3.34. The van der Waals surface area contributed by atoms with Crippen LogP contribution in [0.4, 0.5) is 0 Å². The van der Waals surface area contributed by atoms with Crippen LogP contribution in [0.5, 0.6) is 0 Å². The molecule has 3 heteroatoms. The minimum Gasteiger partial charge on any atom is -0.268 e. The molecule has 0 unspecified atom stereocenters. The maximum atomic E-state index is 6.22. The number of aromatic nitrogens is 2. The number of nitrogens with zero attached hydrogens (tertiary/aromatic N) is 2. The normalized spacial score (nSPS) is 10.6. The van der Waals surface area contributed by atoms with Gasteiger partial charge in [0.1, 0.15) is 0 Å². The highest BCUT2D eigenvalue weighted by molar-refractivity contribution is 6.33. The first kappa shape index (κ1) is 12.0. The summed E-state index contributed by atoms with van der Waals surface area (Å²) in [5.74, 6) is 0. The lowest BCUT2D eigenvalue weighted by Crippen LogP contribution is -1.99. The van der Waals surface area contributed by atoms with Crippen LogP contribution in [0, 0.1) is 6.07 Å². The van der Waals surface area contributed by atoms with Gasteiger partial charge in [-0.3, -0.25) is 4.68 Å². The van der Waals surface area contributed by atoms with Gasteiger partial charge < -0.3 is 0 Å². The van der Waals surface area contributed by atoms with E-state index in [0.29, 0.717) is 0 Å². The highest BCUT2D eigenvalue weighted by Crippen LogP contribution is 2.27. The van der Waals surface area contributed by atoms with Crippen LogP contribution in [0.2, 0.25) is 5.02 Å². The molecule has 0 amide bonds. The lowest BCUT2D eigenvalue weighted by Gasteiger charge is -2.07. The predicted octanol–water partition coefficient (Wildman–Crippen LogP) is 4.05. The fourth-order valence-corrected chi connectivity index (χ4v) is 2.29. The molecule has 0 bridgehead atoms. The molecule has 0 fully saturated rings. The van der Waals surface area contributed by atoms with E-state index in [9.17, 15) is 0 Å². The van der Waals surface area contributed by atoms with Crippen LogP contribution in [-0.4, -0.2) is 9.78 Å². The van der Waals surface area contributed by atoms with E-state index in [-0.39, 0.29) is 0 Å². The van der Waals surface area contributed by atoms with Crippen LogP contribution in [0.25, 0.3) is 11.1 Å². The van der Waals surface area contributed by atoms with Gasteiger partial charge in [-0.1, -0.05) is 29.8 Å². The van der Waals surface area contributed by atoms with E-state index in [1.54, 1.807) is 6.20 Å². The van der Waals surface area contributed by atoms with E-state index in [2.05, 4.69) is 17.2 Å². The minimum atomic E-state index is 0.738. The van der Waals surface area contributed by atoms with Gasteiger partial charge in [0.2, 0.25) is 0 Å². The molecule has 0 saturated heterocycles. The summed E-state index contributed by atoms with van der Waals surface area (Å²) >= 11 is 6.22. The van der Waals surface area contributed by atoms with Gasteiger partial charge in [-0.25, -0.2) is 0 Å². The molecule has 0 saturated carbocycles. The molecule has 1 aromatic heterocycles. The van der Waals surface area contributed by atoms with Gasteiger partial charge in [0.15, 0.2) is 0 Å². The molecule has 2 nitrogen and oxygen atoms in total. The Hall–Kier alpha value is -2.06. The fraction of sp³-hybridized carbons (Fsp3) is 0.0625. The molecular weight excluding hydrogens is 256 g/mol. The van der Waals surface area contributed by atoms with Crippen molar-refractivity contribution in [3.63, 3.8) is 0 Å². The van der Waals surface area contributed by atoms with Crippen molar-refractivity contribution >= 4 is 11.6 Å². The molecule has 3 rings (SSSR count). The van der Waals surface area contributed by atoms with Crippen molar-refractivity contribution in [3.05, 3.63) is 77.6 Å². The fourth-order valence-electron chi connectivity index (χ4n) is 2.04. The van der Waals surface area contributed by atoms with Crippen molar-refractivity contribution in [3.8, 4) is 11.1 Å². The Morgan fingerprint density at radius 3 is 2.84 bits per heavy atom. The molecule has 0 N–H and O–H groups in total. The van der Waals surface area contributed by atoms with Crippen LogP contribution >= 0.6 is 11.6 Å². The number of hydrogen-bond donors (Lipinski definition) is 0. The minimum absolute atomic E-state index is 0.738. The summed E-state index contributed by atoms with van der Waals surface area (Å²) in [5.41, 5.74) is 3.26. The van der Waals surface area contributed by atoms with E-state index in [1.807, 2.05) is 53.3 Å². The Balaban J connectivity index is 1.94. The van der Waals surface area contributed by atoms with Gasteiger partial charge >= 0.3 is 0 Å². The summed E-state index contributed by atoms with van der Waals surface area (Å²) in [6.45, 7) is 0.738. The van der Waals surface area contributed by atoms with E-state index < -0.39 is 0 Å². The van der Waals surface area contributed by atoms with Crippen LogP contribution in [0.3, 0.4) is 0 Å². The van der Waals surface area contributed by atoms with E-state index >= 15 is 0 Å². The van der Waals surface area contributed by atoms with Crippen molar-refractivity contribution in [2.45, 2.75) is 6.54 Å². The van der Waals surface area contributed by atoms with Crippen LogP contribution < -0.4 is 0 Å². The maximum absolute atomic E-state index is 6.22. The number of hydrogen-bond acceptors (Lipinski definition) is 1. The van der Waals surface area contributed by atoms with Crippen molar-refractivity contribution in [2.24, 2.45) is 0 Å². The monoisotopic (exact) mass is 267 g/mol. The van der Waals surface area contributed by atoms with Crippen molar-refractivity contribution in [1.82, 2.24) is 9.78 Å². The Morgan fingerprint density at radius 2 is 2.05 bits per heavy atom. The first-order chi connectivity index (χ1) is 9.33. The smallest absolute Gasteiger partial charge is 0.0659 e. The summed E-state index contributed by atoms with van der Waals surface area (Å²) in [7, 11) is 0. The van der Waals surface area contributed by atoms with Gasteiger partial charge in [0.05, 0.1) is 6.54 Å². The van der Waals surface area contributed by atoms with Gasteiger partial charge in [-0.15, -0.1) is 0 Å². The SMILES string of the molecule is Clc1ccccc1-c1c[c]cc(Cn2cccn2)c1. The van der Waals surface area contributed by atoms with Crippen LogP contribution in [0.15, 0.2) is 60.9 Å². The number of rotatable bonds is 3. The molecule has 0 aliphatic heterocycles. The van der Waals surface area contributed by atoms with E-state index in [1.165, 1.54) is 0 Å². The largest absolute Gasteiger partial charge is 0.268 e. The summed E-state index contributed by atoms with van der Waals surface area (Å²) in [5, 5.41) is 4.96. The quantitative estimate of drug-likeness (QED) is 0.700. The first-order valence-corrected chi connectivity index (χ1v) is 6.43. The molecule has 0 aliphatic carbocycles. The molecule has 3 aromatic rings. The van der Waals surface area contributed by atoms with Crippen molar-refractivity contribution in [2.75, 3.05) is 0 Å². The van der Waals surface area contributed by atoms with Crippen LogP contribution in [0.1, 0.15) is 5.56 Å². The lowest BCUT2D eigenvalue weighted by molar-refractivity contribution is 0.687. The third kappa shape index (κ3) is 2.69. The van der Waals surface area contributed by atoms with E-state index in [4.69, 9.17) is 11.6 Å². The Labute approximate surface area is 117 Å². The predicted molar refractivity (Wildman–Crippen MR) is 77.1 cm³/mol. The second-order valence-corrected chi connectivity index (χ2v) is 4.72. The standard InChI is InChI=1S/C16H12ClN2/c17-16-8-2-1-7-15(16)14-6-3-5-13(11-14)12-19-10-4-9-18-19/h1-2,4-11H,12H2. The lowest BCUT2D eigenvalue weighted by atomic mass is 10.0. The molecule has 2 aromatic carbocycles. The highest BCUT2D eigenvalue weighted by Gasteiger charge is 2.04. The average molecular weight is 268 g/mol. The maximum Gasteiger partial charge on any atom is 0.0659 e. The van der Waals surface area contributed by atoms with Gasteiger partial charge in [-0.05, 0) is 47.5 Å². The van der Waals surface area contributed by atoms with Crippen molar-refractivity contribution in [1.29, 1.82) is 0 Å². The van der Waals surface area contributed by atoms with Crippen LogP contribution in [-0.2, 0) is 6.54 Å². The third-order valence-corrected chi connectivity index (χ3v) is 3.27. The number of halogens is 1. The Morgan fingerprint density at radius 1 is 1.16 bits per heavy atom. The average Bonchev–Trinajstić information content (AvgIpc) is 2.92. The molecule has 0 aliphatic rings. The topological polar surface area (TPSA) is 17.8 Å². The molecule has 0 atom stereocenters. The van der Waals surface area contributed by atoms with Gasteiger partial charge in [-0.2, -0.15) is 5.10 Å². The zero-order chi connectivity index (χ0) is 13.1. The zero-order valence-corrected chi connectivity index (χ0v) is 11.0. The molecule has 1 radical (unpaired) electrons. The number of benzene rings is 2. The zero-order valence-electron chi connectivity index (χ0n) is 10.3. The summed E-state index contributed by atoms with van der Waals surface area (Å²) in [6.07, 6.45) is 3.73. The highest BCUT2D eigenvalue weighted by atomic mass is 35.5. The molecular formula is C16H12ClN2. The second kappa shape index (κ2) is 5.29. The molecule has 93 valence electrons. The van der Waals surface area contributed by atoms with Crippen molar-refractivity contribution < 1.29 is 0 Å². The molecule has 0 spiro atoms. The summed E-state index contributed by atoms with van der Waals surface area (Å²) in [4.78, 5) is 0. The summed E-state index contributed by atoms with van der Waals surface area (Å²) < 4.78 is 1.89. The second-order valence-electron chi connectivity index (χ2n) is 4.31. The van der Waals surface area contributed by atoms with E-state index in [0.717, 1.165) is 28.3 Å². The first-order valence-electron chi connectivity index (χ1n) is 6.05. The third-order valence-electron chi connectivity index (χ3n) is 2.94.